The fourth-order valence-electron chi connectivity index (χ4n) is 2.72. The van der Waals surface area contributed by atoms with Gasteiger partial charge in [-0.05, 0) is 17.7 Å². The Balaban J connectivity index is 2.28. The van der Waals surface area contributed by atoms with Crippen molar-refractivity contribution in [3.05, 3.63) is 33.8 Å². The molecule has 1 heterocycles. The lowest BCUT2D eigenvalue weighted by atomic mass is 9.86. The number of carbonyl (C=O) groups is 1. The average Bonchev–Trinajstić information content (AvgIpc) is 2.38. The van der Waals surface area contributed by atoms with Crippen LogP contribution in [0.2, 0.25) is 10.0 Å². The molecule has 0 N–H and O–H groups in total. The van der Waals surface area contributed by atoms with Gasteiger partial charge in [0.05, 0.1) is 16.6 Å². The molecular formula is C16H19Cl2F2NO. The lowest BCUT2D eigenvalue weighted by Gasteiger charge is -2.40. The van der Waals surface area contributed by atoms with Crippen LogP contribution in [0.4, 0.5) is 8.78 Å². The maximum Gasteiger partial charge on any atom is 0.266 e. The minimum atomic E-state index is -2.91. The van der Waals surface area contributed by atoms with Crippen LogP contribution in [0.25, 0.3) is 0 Å². The Morgan fingerprint density at radius 3 is 2.45 bits per heavy atom. The third-order valence-electron chi connectivity index (χ3n) is 3.75. The second kappa shape index (κ2) is 5.97. The van der Waals surface area contributed by atoms with E-state index in [1.165, 1.54) is 4.90 Å². The van der Waals surface area contributed by atoms with E-state index in [0.29, 0.717) is 15.6 Å². The number of halogens is 4. The Hall–Kier alpha value is -0.870. The SMILES string of the molecule is CC(C)(C)C(=O)N1CC(c2ccc(Cl)c(Cl)c2)CC(F)(F)C1. The topological polar surface area (TPSA) is 20.3 Å². The van der Waals surface area contributed by atoms with Crippen molar-refractivity contribution in [1.29, 1.82) is 0 Å². The van der Waals surface area contributed by atoms with Crippen LogP contribution in [0.3, 0.4) is 0 Å². The van der Waals surface area contributed by atoms with E-state index in [0.717, 1.165) is 0 Å². The van der Waals surface area contributed by atoms with E-state index < -0.39 is 23.8 Å². The van der Waals surface area contributed by atoms with Gasteiger partial charge >= 0.3 is 0 Å². The summed E-state index contributed by atoms with van der Waals surface area (Å²) in [6.45, 7) is 4.94. The number of nitrogens with zero attached hydrogens (tertiary/aromatic N) is 1. The van der Waals surface area contributed by atoms with Gasteiger partial charge in [0.25, 0.3) is 5.92 Å². The summed E-state index contributed by atoms with van der Waals surface area (Å²) < 4.78 is 28.1. The molecule has 1 atom stereocenters. The molecule has 0 aromatic heterocycles. The van der Waals surface area contributed by atoms with Gasteiger partial charge in [-0.2, -0.15) is 0 Å². The zero-order valence-corrected chi connectivity index (χ0v) is 14.3. The van der Waals surface area contributed by atoms with Gasteiger partial charge in [-0.3, -0.25) is 4.79 Å². The van der Waals surface area contributed by atoms with E-state index in [2.05, 4.69) is 0 Å². The van der Waals surface area contributed by atoms with Crippen molar-refractivity contribution in [2.75, 3.05) is 13.1 Å². The number of amides is 1. The third kappa shape index (κ3) is 3.90. The zero-order valence-electron chi connectivity index (χ0n) is 12.8. The fourth-order valence-corrected chi connectivity index (χ4v) is 3.02. The van der Waals surface area contributed by atoms with Gasteiger partial charge in [-0.1, -0.05) is 50.0 Å². The number of carbonyl (C=O) groups excluding carboxylic acids is 1. The predicted octanol–water partition coefficient (Wildman–Crippen LogP) is 4.99. The van der Waals surface area contributed by atoms with Crippen LogP contribution in [0, 0.1) is 5.41 Å². The Labute approximate surface area is 139 Å². The highest BCUT2D eigenvalue weighted by Gasteiger charge is 2.44. The van der Waals surface area contributed by atoms with Crippen LogP contribution in [0.5, 0.6) is 0 Å². The highest BCUT2D eigenvalue weighted by molar-refractivity contribution is 6.42. The van der Waals surface area contributed by atoms with Gasteiger partial charge in [0.15, 0.2) is 0 Å². The Kier molecular flexibility index (Phi) is 4.74. The molecule has 1 unspecified atom stereocenters. The summed E-state index contributed by atoms with van der Waals surface area (Å²) in [7, 11) is 0. The van der Waals surface area contributed by atoms with E-state index >= 15 is 0 Å². The number of likely N-dealkylation sites (tertiary alicyclic amines) is 1. The molecule has 1 aromatic carbocycles. The third-order valence-corrected chi connectivity index (χ3v) is 4.49. The lowest BCUT2D eigenvalue weighted by molar-refractivity contribution is -0.151. The molecule has 2 rings (SSSR count). The van der Waals surface area contributed by atoms with Crippen molar-refractivity contribution >= 4 is 29.1 Å². The summed E-state index contributed by atoms with van der Waals surface area (Å²) in [5.74, 6) is -3.63. The van der Waals surface area contributed by atoms with Gasteiger partial charge in [0, 0.05) is 24.3 Å². The number of piperidine rings is 1. The van der Waals surface area contributed by atoms with E-state index in [-0.39, 0.29) is 18.9 Å². The van der Waals surface area contributed by atoms with E-state index in [1.54, 1.807) is 39.0 Å². The quantitative estimate of drug-likeness (QED) is 0.699. The molecule has 1 aliphatic heterocycles. The molecule has 1 saturated heterocycles. The zero-order chi connectivity index (χ0) is 16.7. The van der Waals surface area contributed by atoms with E-state index in [1.807, 2.05) is 0 Å². The summed E-state index contributed by atoms with van der Waals surface area (Å²) in [4.78, 5) is 13.6. The minimum absolute atomic E-state index is 0.267. The van der Waals surface area contributed by atoms with Crippen molar-refractivity contribution in [2.24, 2.45) is 5.41 Å². The molecule has 1 fully saturated rings. The molecule has 22 heavy (non-hydrogen) atoms. The Morgan fingerprint density at radius 2 is 1.91 bits per heavy atom. The summed E-state index contributed by atoms with van der Waals surface area (Å²) in [6.07, 6.45) is -0.293. The second-order valence-electron chi connectivity index (χ2n) is 6.87. The largest absolute Gasteiger partial charge is 0.336 e. The number of alkyl halides is 2. The molecule has 1 aromatic rings. The summed E-state index contributed by atoms with van der Waals surface area (Å²) >= 11 is 11.8. The monoisotopic (exact) mass is 349 g/mol. The first-order chi connectivity index (χ1) is 9.99. The van der Waals surface area contributed by atoms with Crippen LogP contribution < -0.4 is 0 Å². The van der Waals surface area contributed by atoms with Gasteiger partial charge in [0.1, 0.15) is 0 Å². The number of hydrogen-bond acceptors (Lipinski definition) is 1. The maximum atomic E-state index is 14.1. The van der Waals surface area contributed by atoms with Crippen LogP contribution in [0.1, 0.15) is 38.7 Å². The van der Waals surface area contributed by atoms with Gasteiger partial charge in [-0.25, -0.2) is 8.78 Å². The molecular weight excluding hydrogens is 331 g/mol. The van der Waals surface area contributed by atoms with E-state index in [9.17, 15) is 13.6 Å². The van der Waals surface area contributed by atoms with Gasteiger partial charge in [0.2, 0.25) is 5.91 Å². The first-order valence-corrected chi connectivity index (χ1v) is 7.87. The second-order valence-corrected chi connectivity index (χ2v) is 7.68. The Bertz CT molecular complexity index is 584. The standard InChI is InChI=1S/C16H19Cl2F2NO/c1-15(2,3)14(22)21-8-11(7-16(19,20)9-21)10-4-5-12(17)13(18)6-10/h4-6,11H,7-9H2,1-3H3. The van der Waals surface area contributed by atoms with Crippen LogP contribution in [0.15, 0.2) is 18.2 Å². The number of benzene rings is 1. The lowest BCUT2D eigenvalue weighted by Crippen LogP contribution is -2.51. The minimum Gasteiger partial charge on any atom is -0.336 e. The van der Waals surface area contributed by atoms with Crippen LogP contribution in [-0.2, 0) is 4.79 Å². The van der Waals surface area contributed by atoms with Crippen LogP contribution in [-0.4, -0.2) is 29.8 Å². The first kappa shape index (κ1) is 17.5. The number of hydrogen-bond donors (Lipinski definition) is 0. The van der Waals surface area contributed by atoms with Crippen molar-refractivity contribution < 1.29 is 13.6 Å². The van der Waals surface area contributed by atoms with Gasteiger partial charge in [-0.15, -0.1) is 0 Å². The van der Waals surface area contributed by atoms with Crippen molar-refractivity contribution in [2.45, 2.75) is 39.0 Å². The summed E-state index contributed by atoms with van der Waals surface area (Å²) in [6, 6.07) is 4.90. The molecule has 0 bridgehead atoms. The van der Waals surface area contributed by atoms with Crippen molar-refractivity contribution in [3.8, 4) is 0 Å². The average molecular weight is 350 g/mol. The molecule has 0 spiro atoms. The smallest absolute Gasteiger partial charge is 0.266 e. The highest BCUT2D eigenvalue weighted by Crippen LogP contribution is 2.39. The molecule has 0 aliphatic carbocycles. The molecule has 1 amide bonds. The molecule has 122 valence electrons. The highest BCUT2D eigenvalue weighted by atomic mass is 35.5. The maximum absolute atomic E-state index is 14.1. The Morgan fingerprint density at radius 1 is 1.27 bits per heavy atom. The van der Waals surface area contributed by atoms with E-state index in [4.69, 9.17) is 23.2 Å². The van der Waals surface area contributed by atoms with Crippen molar-refractivity contribution in [1.82, 2.24) is 4.90 Å². The molecule has 0 radical (unpaired) electrons. The van der Waals surface area contributed by atoms with Crippen LogP contribution >= 0.6 is 23.2 Å². The summed E-state index contributed by atoms with van der Waals surface area (Å²) in [5.41, 5.74) is -0.00391. The predicted molar refractivity (Wildman–Crippen MR) is 84.8 cm³/mol. The normalized spacial score (nSPS) is 21.8. The fraction of sp³-hybridized carbons (Fsp3) is 0.562. The first-order valence-electron chi connectivity index (χ1n) is 7.12. The number of rotatable bonds is 1. The molecule has 2 nitrogen and oxygen atoms in total. The van der Waals surface area contributed by atoms with Gasteiger partial charge < -0.3 is 4.90 Å². The molecule has 6 heteroatoms. The molecule has 1 aliphatic rings. The van der Waals surface area contributed by atoms with Crippen molar-refractivity contribution in [3.63, 3.8) is 0 Å². The molecule has 0 saturated carbocycles. The summed E-state index contributed by atoms with van der Waals surface area (Å²) in [5, 5.41) is 0.720.